The molecule has 0 radical (unpaired) electrons. The fourth-order valence-electron chi connectivity index (χ4n) is 2.65. The van der Waals surface area contributed by atoms with Crippen LogP contribution in [-0.4, -0.2) is 25.2 Å². The van der Waals surface area contributed by atoms with Crippen LogP contribution in [0.25, 0.3) is 0 Å². The molecule has 170 valence electrons. The highest BCUT2D eigenvalue weighted by molar-refractivity contribution is 5.66. The van der Waals surface area contributed by atoms with Crippen LogP contribution < -0.4 is 0 Å². The summed E-state index contributed by atoms with van der Waals surface area (Å²) < 4.78 is 9.68. The second-order valence-electron chi connectivity index (χ2n) is 7.34. The molecule has 0 fully saturated rings. The third-order valence-electron chi connectivity index (χ3n) is 4.30. The molecule has 29 heavy (non-hydrogen) atoms. The molecule has 0 aromatic rings. The molecule has 0 N–H and O–H groups in total. The maximum Gasteiger partial charge on any atom is 0.302 e. The minimum absolute atomic E-state index is 0.166. The van der Waals surface area contributed by atoms with Gasteiger partial charge in [-0.1, -0.05) is 70.1 Å². The molecule has 0 aromatic carbocycles. The van der Waals surface area contributed by atoms with Crippen molar-refractivity contribution in [1.82, 2.24) is 0 Å². The van der Waals surface area contributed by atoms with Gasteiger partial charge in [0, 0.05) is 13.8 Å². The van der Waals surface area contributed by atoms with Gasteiger partial charge in [-0.2, -0.15) is 0 Å². The molecule has 0 bridgehead atoms. The molecule has 4 nitrogen and oxygen atoms in total. The third kappa shape index (κ3) is 34.3. The summed E-state index contributed by atoms with van der Waals surface area (Å²) in [6, 6.07) is 0. The first-order valence-electron chi connectivity index (χ1n) is 11.6. The maximum absolute atomic E-state index is 10.5. The molecular weight excluding hydrogens is 364 g/mol. The number of carbonyl (C=O) groups excluding carboxylic acids is 2. The number of carbonyl (C=O) groups is 2. The number of hydrogen-bond donors (Lipinski definition) is 0. The Morgan fingerprint density at radius 2 is 1.07 bits per heavy atom. The minimum Gasteiger partial charge on any atom is -0.466 e. The first-order chi connectivity index (χ1) is 14.0. The summed E-state index contributed by atoms with van der Waals surface area (Å²) in [6.07, 6.45) is 23.2. The van der Waals surface area contributed by atoms with Crippen molar-refractivity contribution in [3.05, 3.63) is 24.8 Å². The SMILES string of the molecule is C=CCCCCCCCOC(C)=O.CCC/C=C\CCCCCCCOC(C)=O. The number of allylic oxidation sites excluding steroid dienone is 3. The highest BCUT2D eigenvalue weighted by Gasteiger charge is 1.94. The minimum atomic E-state index is -0.174. The van der Waals surface area contributed by atoms with Crippen LogP contribution in [0.4, 0.5) is 0 Å². The predicted molar refractivity (Wildman–Crippen MR) is 123 cm³/mol. The molecule has 4 heteroatoms. The van der Waals surface area contributed by atoms with Crippen LogP contribution in [0, 0.1) is 0 Å². The molecule has 0 aliphatic heterocycles. The summed E-state index contributed by atoms with van der Waals surface area (Å²) in [5.41, 5.74) is 0. The van der Waals surface area contributed by atoms with Crippen LogP contribution >= 0.6 is 0 Å². The molecule has 0 spiro atoms. The van der Waals surface area contributed by atoms with E-state index in [1.54, 1.807) is 0 Å². The van der Waals surface area contributed by atoms with E-state index in [0.29, 0.717) is 13.2 Å². The molecule has 0 heterocycles. The molecule has 0 amide bonds. The van der Waals surface area contributed by atoms with Crippen molar-refractivity contribution in [3.63, 3.8) is 0 Å². The van der Waals surface area contributed by atoms with Gasteiger partial charge in [0.2, 0.25) is 0 Å². The van der Waals surface area contributed by atoms with E-state index in [1.165, 1.54) is 78.1 Å². The smallest absolute Gasteiger partial charge is 0.302 e. The Hall–Kier alpha value is -1.58. The highest BCUT2D eigenvalue weighted by atomic mass is 16.5. The zero-order chi connectivity index (χ0) is 22.0. The van der Waals surface area contributed by atoms with E-state index >= 15 is 0 Å². The van der Waals surface area contributed by atoms with Crippen molar-refractivity contribution in [1.29, 1.82) is 0 Å². The van der Waals surface area contributed by atoms with Crippen molar-refractivity contribution < 1.29 is 19.1 Å². The Morgan fingerprint density at radius 3 is 1.52 bits per heavy atom. The number of ether oxygens (including phenoxy) is 2. The Bertz CT molecular complexity index is 402. The van der Waals surface area contributed by atoms with Gasteiger partial charge in [0.25, 0.3) is 0 Å². The molecule has 0 aliphatic carbocycles. The van der Waals surface area contributed by atoms with Crippen LogP contribution in [0.1, 0.15) is 111 Å². The highest BCUT2D eigenvalue weighted by Crippen LogP contribution is 2.07. The number of rotatable bonds is 18. The Morgan fingerprint density at radius 1 is 0.655 bits per heavy atom. The van der Waals surface area contributed by atoms with E-state index in [2.05, 4.69) is 25.7 Å². The van der Waals surface area contributed by atoms with Gasteiger partial charge in [0.1, 0.15) is 0 Å². The summed E-state index contributed by atoms with van der Waals surface area (Å²) in [5.74, 6) is -0.340. The van der Waals surface area contributed by atoms with E-state index in [4.69, 9.17) is 9.47 Å². The summed E-state index contributed by atoms with van der Waals surface area (Å²) in [4.78, 5) is 20.9. The fraction of sp³-hybridized carbons (Fsp3) is 0.760. The van der Waals surface area contributed by atoms with Crippen LogP contribution in [0.15, 0.2) is 24.8 Å². The van der Waals surface area contributed by atoms with Crippen LogP contribution in [-0.2, 0) is 19.1 Å². The largest absolute Gasteiger partial charge is 0.466 e. The van der Waals surface area contributed by atoms with Gasteiger partial charge in [0.05, 0.1) is 13.2 Å². The molecular formula is C25H46O4. The fourth-order valence-corrected chi connectivity index (χ4v) is 2.65. The van der Waals surface area contributed by atoms with Crippen molar-refractivity contribution in [2.24, 2.45) is 0 Å². The monoisotopic (exact) mass is 410 g/mol. The molecule has 0 aliphatic rings. The average Bonchev–Trinajstić information content (AvgIpc) is 2.68. The van der Waals surface area contributed by atoms with Gasteiger partial charge in [-0.15, -0.1) is 6.58 Å². The molecule has 0 rings (SSSR count). The third-order valence-corrected chi connectivity index (χ3v) is 4.30. The zero-order valence-electron chi connectivity index (χ0n) is 19.4. The van der Waals surface area contributed by atoms with Gasteiger partial charge in [-0.05, 0) is 44.9 Å². The summed E-state index contributed by atoms with van der Waals surface area (Å²) in [6.45, 7) is 9.95. The van der Waals surface area contributed by atoms with Gasteiger partial charge < -0.3 is 9.47 Å². The summed E-state index contributed by atoms with van der Waals surface area (Å²) in [5, 5.41) is 0. The predicted octanol–water partition coefficient (Wildman–Crippen LogP) is 7.32. The molecule has 0 saturated carbocycles. The zero-order valence-corrected chi connectivity index (χ0v) is 19.4. The number of esters is 2. The molecule has 0 unspecified atom stereocenters. The average molecular weight is 411 g/mol. The van der Waals surface area contributed by atoms with Gasteiger partial charge in [0.15, 0.2) is 0 Å². The quantitative estimate of drug-likeness (QED) is 0.135. The van der Waals surface area contributed by atoms with Gasteiger partial charge in [-0.25, -0.2) is 0 Å². The molecule has 0 aromatic heterocycles. The Labute approximate surface area is 180 Å². The van der Waals surface area contributed by atoms with E-state index in [0.717, 1.165) is 25.7 Å². The van der Waals surface area contributed by atoms with Gasteiger partial charge >= 0.3 is 11.9 Å². The lowest BCUT2D eigenvalue weighted by Crippen LogP contribution is -1.99. The standard InChI is InChI=1S/C14H26O2.C11H20O2/c1-3-4-5-6-7-8-9-10-11-12-13-16-14(2)15;1-3-4-5-6-7-8-9-10-13-11(2)12/h5-6H,3-4,7-13H2,1-2H3;3H,1,4-10H2,2H3/b6-5-;. The second-order valence-corrected chi connectivity index (χ2v) is 7.34. The maximum atomic E-state index is 10.5. The molecule has 0 saturated heterocycles. The topological polar surface area (TPSA) is 52.6 Å². The summed E-state index contributed by atoms with van der Waals surface area (Å²) in [7, 11) is 0. The molecule has 0 atom stereocenters. The van der Waals surface area contributed by atoms with Crippen LogP contribution in [0.2, 0.25) is 0 Å². The van der Waals surface area contributed by atoms with Crippen LogP contribution in [0.5, 0.6) is 0 Å². The first-order valence-corrected chi connectivity index (χ1v) is 11.6. The Balaban J connectivity index is 0. The Kier molecular flexibility index (Phi) is 27.0. The lowest BCUT2D eigenvalue weighted by atomic mass is 10.1. The van der Waals surface area contributed by atoms with E-state index < -0.39 is 0 Å². The van der Waals surface area contributed by atoms with Crippen molar-refractivity contribution in [2.45, 2.75) is 111 Å². The van der Waals surface area contributed by atoms with Crippen molar-refractivity contribution >= 4 is 11.9 Å². The van der Waals surface area contributed by atoms with Crippen LogP contribution in [0.3, 0.4) is 0 Å². The van der Waals surface area contributed by atoms with E-state index in [1.807, 2.05) is 6.08 Å². The number of unbranched alkanes of at least 4 members (excludes halogenated alkanes) is 11. The van der Waals surface area contributed by atoms with Crippen molar-refractivity contribution in [2.75, 3.05) is 13.2 Å². The van der Waals surface area contributed by atoms with E-state index in [-0.39, 0.29) is 11.9 Å². The second kappa shape index (κ2) is 26.4. The van der Waals surface area contributed by atoms with Gasteiger partial charge in [-0.3, -0.25) is 9.59 Å². The normalized spacial score (nSPS) is 10.3. The lowest BCUT2D eigenvalue weighted by molar-refractivity contribution is -0.142. The lowest BCUT2D eigenvalue weighted by Gasteiger charge is -2.01. The summed E-state index contributed by atoms with van der Waals surface area (Å²) >= 11 is 0. The number of hydrogen-bond acceptors (Lipinski definition) is 4. The first kappa shape index (κ1) is 29.6. The van der Waals surface area contributed by atoms with Crippen molar-refractivity contribution in [3.8, 4) is 0 Å². The van der Waals surface area contributed by atoms with E-state index in [9.17, 15) is 9.59 Å².